The fourth-order valence-corrected chi connectivity index (χ4v) is 2.84. The molecule has 0 aromatic rings. The van der Waals surface area contributed by atoms with Crippen molar-refractivity contribution >= 4 is 11.9 Å². The Bertz CT molecular complexity index is 304. The van der Waals surface area contributed by atoms with Gasteiger partial charge in [0, 0.05) is 12.6 Å². The molecule has 1 aliphatic heterocycles. The minimum atomic E-state index is -0.174. The number of amides is 3. The maximum absolute atomic E-state index is 12.3. The summed E-state index contributed by atoms with van der Waals surface area (Å²) < 4.78 is 0. The summed E-state index contributed by atoms with van der Waals surface area (Å²) >= 11 is 0. The predicted molar refractivity (Wildman–Crippen MR) is 65.5 cm³/mol. The molecule has 3 amide bonds. The number of urea groups is 1. The van der Waals surface area contributed by atoms with Gasteiger partial charge in [0.15, 0.2) is 0 Å². The molecule has 0 aromatic heterocycles. The van der Waals surface area contributed by atoms with Crippen LogP contribution in [0, 0.1) is 5.92 Å². The first-order valence-electron chi connectivity index (χ1n) is 6.86. The maximum Gasteiger partial charge on any atom is 0.324 e. The molecule has 2 aliphatic rings. The first-order valence-corrected chi connectivity index (χ1v) is 6.86. The second-order valence-electron chi connectivity index (χ2n) is 5.14. The Hall–Kier alpha value is -1.06. The van der Waals surface area contributed by atoms with Crippen molar-refractivity contribution in [1.29, 1.82) is 0 Å². The molecule has 1 saturated heterocycles. The molecular weight excluding hydrogens is 216 g/mol. The van der Waals surface area contributed by atoms with E-state index < -0.39 is 0 Å². The van der Waals surface area contributed by atoms with E-state index in [4.69, 9.17) is 0 Å². The lowest BCUT2D eigenvalue weighted by atomic mass is 9.91. The summed E-state index contributed by atoms with van der Waals surface area (Å²) in [7, 11) is 0. The largest absolute Gasteiger partial charge is 0.334 e. The number of unbranched alkanes of at least 4 members (excludes halogenated alkanes) is 1. The molecule has 4 heteroatoms. The molecule has 17 heavy (non-hydrogen) atoms. The SMILES string of the molecule is CCCCN1C(=O)NC2CCCCCC2C1=O. The summed E-state index contributed by atoms with van der Waals surface area (Å²) in [5.74, 6) is 0.0983. The fourth-order valence-electron chi connectivity index (χ4n) is 2.84. The van der Waals surface area contributed by atoms with Crippen LogP contribution in [0.25, 0.3) is 0 Å². The average molecular weight is 238 g/mol. The lowest BCUT2D eigenvalue weighted by Gasteiger charge is -2.36. The number of nitrogens with one attached hydrogen (secondary N) is 1. The van der Waals surface area contributed by atoms with E-state index in [-0.39, 0.29) is 23.9 Å². The third-order valence-electron chi connectivity index (χ3n) is 3.89. The van der Waals surface area contributed by atoms with Crippen molar-refractivity contribution in [3.63, 3.8) is 0 Å². The zero-order valence-electron chi connectivity index (χ0n) is 10.6. The fraction of sp³-hybridized carbons (Fsp3) is 0.846. The van der Waals surface area contributed by atoms with Gasteiger partial charge in [0.1, 0.15) is 0 Å². The van der Waals surface area contributed by atoms with Crippen molar-refractivity contribution in [2.75, 3.05) is 6.54 Å². The van der Waals surface area contributed by atoms with Gasteiger partial charge in [-0.1, -0.05) is 32.6 Å². The van der Waals surface area contributed by atoms with Gasteiger partial charge < -0.3 is 5.32 Å². The highest BCUT2D eigenvalue weighted by atomic mass is 16.2. The molecule has 2 atom stereocenters. The molecule has 1 N–H and O–H groups in total. The number of imide groups is 1. The molecular formula is C13H22N2O2. The normalized spacial score (nSPS) is 29.6. The molecule has 0 bridgehead atoms. The van der Waals surface area contributed by atoms with Crippen LogP contribution in [-0.2, 0) is 4.79 Å². The zero-order valence-corrected chi connectivity index (χ0v) is 10.6. The molecule has 0 spiro atoms. The van der Waals surface area contributed by atoms with Crippen molar-refractivity contribution in [2.45, 2.75) is 57.9 Å². The summed E-state index contributed by atoms with van der Waals surface area (Å²) in [6, 6.07) is -0.0815. The van der Waals surface area contributed by atoms with Crippen molar-refractivity contribution in [2.24, 2.45) is 5.92 Å². The monoisotopic (exact) mass is 238 g/mol. The highest BCUT2D eigenvalue weighted by molar-refractivity contribution is 5.98. The second-order valence-corrected chi connectivity index (χ2v) is 5.14. The van der Waals surface area contributed by atoms with Gasteiger partial charge in [-0.2, -0.15) is 0 Å². The Morgan fingerprint density at radius 1 is 1.24 bits per heavy atom. The van der Waals surface area contributed by atoms with Crippen molar-refractivity contribution in [3.8, 4) is 0 Å². The highest BCUT2D eigenvalue weighted by Gasteiger charge is 2.40. The van der Waals surface area contributed by atoms with Gasteiger partial charge in [0.05, 0.1) is 5.92 Å². The predicted octanol–water partition coefficient (Wildman–Crippen LogP) is 2.29. The highest BCUT2D eigenvalue weighted by Crippen LogP contribution is 2.28. The summed E-state index contributed by atoms with van der Waals surface area (Å²) in [5.41, 5.74) is 0. The first kappa shape index (κ1) is 12.4. The summed E-state index contributed by atoms with van der Waals surface area (Å²) in [6.45, 7) is 2.64. The number of fused-ring (bicyclic) bond motifs is 1. The number of rotatable bonds is 3. The van der Waals surface area contributed by atoms with Crippen LogP contribution >= 0.6 is 0 Å². The average Bonchev–Trinajstić information content (AvgIpc) is 2.54. The zero-order chi connectivity index (χ0) is 12.3. The van der Waals surface area contributed by atoms with Crippen LogP contribution in [0.15, 0.2) is 0 Å². The number of carbonyl (C=O) groups is 2. The van der Waals surface area contributed by atoms with Crippen LogP contribution in [0.5, 0.6) is 0 Å². The molecule has 0 aromatic carbocycles. The third-order valence-corrected chi connectivity index (χ3v) is 3.89. The Balaban J connectivity index is 2.06. The number of hydrogen-bond donors (Lipinski definition) is 1. The molecule has 2 unspecified atom stereocenters. The van der Waals surface area contributed by atoms with E-state index >= 15 is 0 Å². The third kappa shape index (κ3) is 2.61. The topological polar surface area (TPSA) is 49.4 Å². The molecule has 2 fully saturated rings. The Labute approximate surface area is 103 Å². The molecule has 96 valence electrons. The summed E-state index contributed by atoms with van der Waals surface area (Å²) in [6.07, 6.45) is 7.23. The van der Waals surface area contributed by atoms with E-state index in [1.807, 2.05) is 0 Å². The van der Waals surface area contributed by atoms with Crippen molar-refractivity contribution in [3.05, 3.63) is 0 Å². The molecule has 1 saturated carbocycles. The van der Waals surface area contributed by atoms with E-state index in [2.05, 4.69) is 12.2 Å². The van der Waals surface area contributed by atoms with E-state index in [1.165, 1.54) is 11.3 Å². The summed E-state index contributed by atoms with van der Waals surface area (Å²) in [4.78, 5) is 25.6. The van der Waals surface area contributed by atoms with Crippen LogP contribution in [0.2, 0.25) is 0 Å². The van der Waals surface area contributed by atoms with E-state index in [0.717, 1.165) is 38.5 Å². The quantitative estimate of drug-likeness (QED) is 0.820. The van der Waals surface area contributed by atoms with E-state index in [0.29, 0.717) is 6.54 Å². The summed E-state index contributed by atoms with van der Waals surface area (Å²) in [5, 5.41) is 3.01. The van der Waals surface area contributed by atoms with Gasteiger partial charge in [-0.25, -0.2) is 4.79 Å². The number of carbonyl (C=O) groups excluding carboxylic acids is 2. The minimum absolute atomic E-state index is 0.0343. The van der Waals surface area contributed by atoms with Crippen LogP contribution < -0.4 is 5.32 Å². The Morgan fingerprint density at radius 2 is 2.00 bits per heavy atom. The van der Waals surface area contributed by atoms with Crippen LogP contribution in [0.1, 0.15) is 51.9 Å². The van der Waals surface area contributed by atoms with Gasteiger partial charge in [0.25, 0.3) is 0 Å². The number of hydrogen-bond acceptors (Lipinski definition) is 2. The van der Waals surface area contributed by atoms with E-state index in [1.54, 1.807) is 0 Å². The molecule has 1 heterocycles. The van der Waals surface area contributed by atoms with Gasteiger partial charge in [-0.15, -0.1) is 0 Å². The van der Waals surface area contributed by atoms with Gasteiger partial charge in [-0.05, 0) is 19.3 Å². The lowest BCUT2D eigenvalue weighted by Crippen LogP contribution is -2.59. The molecule has 2 rings (SSSR count). The first-order chi connectivity index (χ1) is 8.24. The van der Waals surface area contributed by atoms with Crippen LogP contribution in [0.3, 0.4) is 0 Å². The maximum atomic E-state index is 12.3. The standard InChI is InChI=1S/C13H22N2O2/c1-2-3-9-15-12(16)10-7-5-4-6-8-11(10)14-13(15)17/h10-11H,2-9H2,1H3,(H,14,17). The Kier molecular flexibility index (Phi) is 4.02. The number of nitrogens with zero attached hydrogens (tertiary/aromatic N) is 1. The van der Waals surface area contributed by atoms with Crippen LogP contribution in [0.4, 0.5) is 4.79 Å². The lowest BCUT2D eigenvalue weighted by molar-refractivity contribution is -0.135. The van der Waals surface area contributed by atoms with Gasteiger partial charge in [-0.3, -0.25) is 9.69 Å². The second kappa shape index (κ2) is 5.52. The van der Waals surface area contributed by atoms with Crippen molar-refractivity contribution < 1.29 is 9.59 Å². The van der Waals surface area contributed by atoms with E-state index in [9.17, 15) is 9.59 Å². The smallest absolute Gasteiger partial charge is 0.324 e. The minimum Gasteiger partial charge on any atom is -0.334 e. The van der Waals surface area contributed by atoms with Crippen molar-refractivity contribution in [1.82, 2.24) is 10.2 Å². The molecule has 1 aliphatic carbocycles. The molecule has 0 radical (unpaired) electrons. The Morgan fingerprint density at radius 3 is 2.76 bits per heavy atom. The van der Waals surface area contributed by atoms with Gasteiger partial charge in [0.2, 0.25) is 5.91 Å². The van der Waals surface area contributed by atoms with Crippen LogP contribution in [-0.4, -0.2) is 29.4 Å². The van der Waals surface area contributed by atoms with Gasteiger partial charge >= 0.3 is 6.03 Å². The molecule has 4 nitrogen and oxygen atoms in total.